The maximum absolute atomic E-state index is 9.35. The minimum Gasteiger partial charge on any atom is -0.508 e. The van der Waals surface area contributed by atoms with E-state index in [1.165, 1.54) is 5.56 Å². The zero-order valence-electron chi connectivity index (χ0n) is 10.1. The van der Waals surface area contributed by atoms with Gasteiger partial charge in [-0.2, -0.15) is 0 Å². The third-order valence-corrected chi connectivity index (χ3v) is 2.65. The summed E-state index contributed by atoms with van der Waals surface area (Å²) in [5.41, 5.74) is 3.27. The fourth-order valence-corrected chi connectivity index (χ4v) is 1.67. The van der Waals surface area contributed by atoms with Crippen molar-refractivity contribution in [3.8, 4) is 11.5 Å². The van der Waals surface area contributed by atoms with Crippen LogP contribution in [-0.4, -0.2) is 5.11 Å². The molecule has 0 spiro atoms. The highest BCUT2D eigenvalue weighted by Crippen LogP contribution is 2.21. The zero-order chi connectivity index (χ0) is 12.3. The first kappa shape index (κ1) is 11.5. The van der Waals surface area contributed by atoms with Crippen LogP contribution >= 0.6 is 0 Å². The Hall–Kier alpha value is -1.96. The van der Waals surface area contributed by atoms with Crippen molar-refractivity contribution < 1.29 is 9.84 Å². The molecule has 2 rings (SSSR count). The zero-order valence-corrected chi connectivity index (χ0v) is 10.1. The van der Waals surface area contributed by atoms with Gasteiger partial charge in [-0.15, -0.1) is 0 Å². The summed E-state index contributed by atoms with van der Waals surface area (Å²) in [7, 11) is 0. The fraction of sp³-hybridized carbons (Fsp3) is 0.200. The second kappa shape index (κ2) is 4.91. The number of rotatable bonds is 3. The predicted octanol–water partition coefficient (Wildman–Crippen LogP) is 3.59. The molecule has 0 aliphatic heterocycles. The highest BCUT2D eigenvalue weighted by atomic mass is 16.5. The summed E-state index contributed by atoms with van der Waals surface area (Å²) in [4.78, 5) is 0. The van der Waals surface area contributed by atoms with Crippen LogP contribution < -0.4 is 4.74 Å². The van der Waals surface area contributed by atoms with Gasteiger partial charge < -0.3 is 9.84 Å². The van der Waals surface area contributed by atoms with Gasteiger partial charge in [-0.05, 0) is 48.7 Å². The molecule has 0 aliphatic carbocycles. The maximum Gasteiger partial charge on any atom is 0.122 e. The Kier molecular flexibility index (Phi) is 3.33. The lowest BCUT2D eigenvalue weighted by Gasteiger charge is -2.10. The van der Waals surface area contributed by atoms with Gasteiger partial charge in [0.2, 0.25) is 0 Å². The Balaban J connectivity index is 2.09. The number of phenols is 1. The first-order chi connectivity index (χ1) is 8.15. The Labute approximate surface area is 101 Å². The van der Waals surface area contributed by atoms with Gasteiger partial charge in [0, 0.05) is 0 Å². The first-order valence-electron chi connectivity index (χ1n) is 5.63. The minimum atomic E-state index is 0.270. The highest BCUT2D eigenvalue weighted by Gasteiger charge is 2.01. The van der Waals surface area contributed by atoms with Gasteiger partial charge in [-0.1, -0.05) is 24.3 Å². The van der Waals surface area contributed by atoms with Crippen LogP contribution in [0, 0.1) is 13.8 Å². The number of hydrogen-bond donors (Lipinski definition) is 1. The van der Waals surface area contributed by atoms with E-state index in [2.05, 4.69) is 6.07 Å². The number of benzene rings is 2. The highest BCUT2D eigenvalue weighted by molar-refractivity contribution is 5.36. The van der Waals surface area contributed by atoms with Gasteiger partial charge in [0.1, 0.15) is 18.1 Å². The van der Waals surface area contributed by atoms with Gasteiger partial charge in [0.25, 0.3) is 0 Å². The summed E-state index contributed by atoms with van der Waals surface area (Å²) in [5, 5.41) is 9.35. The van der Waals surface area contributed by atoms with E-state index in [-0.39, 0.29) is 5.75 Å². The SMILES string of the molecule is Cc1ccc(C)c(OCc2cccc(O)c2)c1. The summed E-state index contributed by atoms with van der Waals surface area (Å²) < 4.78 is 5.75. The van der Waals surface area contributed by atoms with E-state index in [4.69, 9.17) is 4.74 Å². The van der Waals surface area contributed by atoms with Crippen molar-refractivity contribution in [1.29, 1.82) is 0 Å². The maximum atomic E-state index is 9.35. The van der Waals surface area contributed by atoms with Crippen LogP contribution in [0.2, 0.25) is 0 Å². The van der Waals surface area contributed by atoms with Gasteiger partial charge >= 0.3 is 0 Å². The third-order valence-electron chi connectivity index (χ3n) is 2.65. The Morgan fingerprint density at radius 3 is 2.65 bits per heavy atom. The summed E-state index contributed by atoms with van der Waals surface area (Å²) >= 11 is 0. The van der Waals surface area contributed by atoms with E-state index in [0.29, 0.717) is 6.61 Å². The molecule has 88 valence electrons. The minimum absolute atomic E-state index is 0.270. The van der Waals surface area contributed by atoms with E-state index >= 15 is 0 Å². The molecule has 0 unspecified atom stereocenters. The molecule has 0 aliphatic rings. The van der Waals surface area contributed by atoms with Crippen LogP contribution in [0.5, 0.6) is 11.5 Å². The molecule has 0 amide bonds. The molecular weight excluding hydrogens is 212 g/mol. The van der Waals surface area contributed by atoms with Gasteiger partial charge in [-0.25, -0.2) is 0 Å². The molecule has 2 nitrogen and oxygen atoms in total. The smallest absolute Gasteiger partial charge is 0.122 e. The van der Waals surface area contributed by atoms with Gasteiger partial charge in [0.15, 0.2) is 0 Å². The monoisotopic (exact) mass is 228 g/mol. The molecule has 1 N–H and O–H groups in total. The number of aryl methyl sites for hydroxylation is 2. The number of hydrogen-bond acceptors (Lipinski definition) is 2. The van der Waals surface area contributed by atoms with Crippen molar-refractivity contribution in [3.05, 3.63) is 59.2 Å². The van der Waals surface area contributed by atoms with E-state index in [1.807, 2.05) is 38.1 Å². The van der Waals surface area contributed by atoms with Crippen LogP contribution in [0.3, 0.4) is 0 Å². The standard InChI is InChI=1S/C15H16O2/c1-11-6-7-12(2)15(8-11)17-10-13-4-3-5-14(16)9-13/h3-9,16H,10H2,1-2H3. The van der Waals surface area contributed by atoms with Crippen LogP contribution in [0.25, 0.3) is 0 Å². The Morgan fingerprint density at radius 1 is 1.06 bits per heavy atom. The molecule has 0 heterocycles. The van der Waals surface area contributed by atoms with E-state index in [0.717, 1.165) is 16.9 Å². The lowest BCUT2D eigenvalue weighted by atomic mass is 10.1. The van der Waals surface area contributed by atoms with E-state index in [1.54, 1.807) is 12.1 Å². The van der Waals surface area contributed by atoms with Crippen molar-refractivity contribution in [2.24, 2.45) is 0 Å². The molecule has 17 heavy (non-hydrogen) atoms. The van der Waals surface area contributed by atoms with Crippen molar-refractivity contribution >= 4 is 0 Å². The lowest BCUT2D eigenvalue weighted by molar-refractivity contribution is 0.303. The quantitative estimate of drug-likeness (QED) is 0.870. The molecular formula is C15H16O2. The Morgan fingerprint density at radius 2 is 1.88 bits per heavy atom. The summed E-state index contributed by atoms with van der Waals surface area (Å²) in [6, 6.07) is 13.3. The van der Waals surface area contributed by atoms with Crippen LogP contribution in [-0.2, 0) is 6.61 Å². The second-order valence-electron chi connectivity index (χ2n) is 4.23. The molecule has 0 radical (unpaired) electrons. The Bertz CT molecular complexity index is 518. The molecule has 0 saturated heterocycles. The van der Waals surface area contributed by atoms with E-state index < -0.39 is 0 Å². The second-order valence-corrected chi connectivity index (χ2v) is 4.23. The van der Waals surface area contributed by atoms with E-state index in [9.17, 15) is 5.11 Å². The van der Waals surface area contributed by atoms with Crippen LogP contribution in [0.15, 0.2) is 42.5 Å². The fourth-order valence-electron chi connectivity index (χ4n) is 1.67. The third kappa shape index (κ3) is 3.00. The van der Waals surface area contributed by atoms with Crippen LogP contribution in [0.1, 0.15) is 16.7 Å². The van der Waals surface area contributed by atoms with Gasteiger partial charge in [-0.3, -0.25) is 0 Å². The predicted molar refractivity (Wildman–Crippen MR) is 68.4 cm³/mol. The average molecular weight is 228 g/mol. The molecule has 0 fully saturated rings. The molecule has 2 aromatic carbocycles. The summed E-state index contributed by atoms with van der Waals surface area (Å²) in [6.07, 6.45) is 0. The lowest BCUT2D eigenvalue weighted by Crippen LogP contribution is -1.97. The van der Waals surface area contributed by atoms with Crippen LogP contribution in [0.4, 0.5) is 0 Å². The van der Waals surface area contributed by atoms with Crippen molar-refractivity contribution in [3.63, 3.8) is 0 Å². The van der Waals surface area contributed by atoms with Crippen molar-refractivity contribution in [2.45, 2.75) is 20.5 Å². The molecule has 0 aromatic heterocycles. The van der Waals surface area contributed by atoms with Crippen molar-refractivity contribution in [1.82, 2.24) is 0 Å². The average Bonchev–Trinajstić information content (AvgIpc) is 2.30. The normalized spacial score (nSPS) is 10.2. The first-order valence-corrected chi connectivity index (χ1v) is 5.63. The van der Waals surface area contributed by atoms with Crippen molar-refractivity contribution in [2.75, 3.05) is 0 Å². The molecule has 2 heteroatoms. The van der Waals surface area contributed by atoms with Gasteiger partial charge in [0.05, 0.1) is 0 Å². The summed E-state index contributed by atoms with van der Waals surface area (Å²) in [6.45, 7) is 4.54. The molecule has 0 atom stereocenters. The molecule has 0 bridgehead atoms. The summed E-state index contributed by atoms with van der Waals surface area (Å²) in [5.74, 6) is 1.17. The molecule has 0 saturated carbocycles. The number of ether oxygens (including phenoxy) is 1. The topological polar surface area (TPSA) is 29.5 Å². The number of phenolic OH excluding ortho intramolecular Hbond substituents is 1. The largest absolute Gasteiger partial charge is 0.508 e. The number of aromatic hydroxyl groups is 1. The molecule has 2 aromatic rings.